The number of hydrogen-bond donors (Lipinski definition) is 2. The van der Waals surface area contributed by atoms with Crippen LogP contribution in [0.15, 0.2) is 12.3 Å². The van der Waals surface area contributed by atoms with E-state index < -0.39 is 0 Å². The van der Waals surface area contributed by atoms with Crippen LogP contribution >= 0.6 is 0 Å². The van der Waals surface area contributed by atoms with Crippen molar-refractivity contribution < 1.29 is 9.90 Å². The molecule has 1 amide bonds. The number of piperidine rings is 1. The van der Waals surface area contributed by atoms with Crippen LogP contribution in [0.25, 0.3) is 0 Å². The highest BCUT2D eigenvalue weighted by Crippen LogP contribution is 2.17. The lowest BCUT2D eigenvalue weighted by atomic mass is 10.0. The van der Waals surface area contributed by atoms with Gasteiger partial charge in [0.1, 0.15) is 12.4 Å². The summed E-state index contributed by atoms with van der Waals surface area (Å²) in [4.78, 5) is 13.8. The van der Waals surface area contributed by atoms with Crippen LogP contribution in [0.3, 0.4) is 0 Å². The predicted octanol–water partition coefficient (Wildman–Crippen LogP) is -0.161. The molecule has 0 aromatic carbocycles. The number of aliphatic hydroxyl groups is 1. The third kappa shape index (κ3) is 2.76. The van der Waals surface area contributed by atoms with Crippen molar-refractivity contribution in [1.82, 2.24) is 14.7 Å². The summed E-state index contributed by atoms with van der Waals surface area (Å²) < 4.78 is 1.53. The molecule has 1 aliphatic rings. The van der Waals surface area contributed by atoms with Gasteiger partial charge < -0.3 is 15.7 Å². The molecule has 0 spiro atoms. The van der Waals surface area contributed by atoms with Crippen LogP contribution < -0.4 is 5.73 Å². The zero-order chi connectivity index (χ0) is 12.3. The Labute approximate surface area is 100 Å². The maximum atomic E-state index is 12.1. The number of hydrogen-bond acceptors (Lipinski definition) is 4. The van der Waals surface area contributed by atoms with E-state index in [1.165, 1.54) is 4.68 Å². The summed E-state index contributed by atoms with van der Waals surface area (Å²) in [5, 5.41) is 13.2. The van der Waals surface area contributed by atoms with Gasteiger partial charge in [0.25, 0.3) is 0 Å². The summed E-state index contributed by atoms with van der Waals surface area (Å²) in [5.41, 5.74) is 5.49. The highest BCUT2D eigenvalue weighted by atomic mass is 16.3. The van der Waals surface area contributed by atoms with Crippen molar-refractivity contribution in [1.29, 1.82) is 0 Å². The molecule has 1 aliphatic heterocycles. The van der Waals surface area contributed by atoms with Crippen LogP contribution in [0.5, 0.6) is 0 Å². The molecule has 17 heavy (non-hydrogen) atoms. The van der Waals surface area contributed by atoms with E-state index in [-0.39, 0.29) is 25.1 Å². The molecule has 1 aromatic rings. The summed E-state index contributed by atoms with van der Waals surface area (Å²) in [6, 6.07) is 1.62. The smallest absolute Gasteiger partial charge is 0.244 e. The van der Waals surface area contributed by atoms with Gasteiger partial charge in [0.2, 0.25) is 5.91 Å². The van der Waals surface area contributed by atoms with Gasteiger partial charge in [-0.05, 0) is 25.3 Å². The van der Waals surface area contributed by atoms with Crippen molar-refractivity contribution in [3.8, 4) is 0 Å². The third-order valence-electron chi connectivity index (χ3n) is 3.12. The first-order valence-corrected chi connectivity index (χ1v) is 5.90. The summed E-state index contributed by atoms with van der Waals surface area (Å²) in [6.45, 7) is 0.946. The normalized spacial score (nSPS) is 20.5. The summed E-state index contributed by atoms with van der Waals surface area (Å²) in [5.74, 6) is 0.405. The molecule has 1 aromatic heterocycles. The number of nitrogens with zero attached hydrogens (tertiary/aromatic N) is 3. The van der Waals surface area contributed by atoms with Crippen LogP contribution in [0, 0.1) is 0 Å². The molecule has 1 atom stereocenters. The van der Waals surface area contributed by atoms with E-state index in [9.17, 15) is 9.90 Å². The van der Waals surface area contributed by atoms with Gasteiger partial charge in [-0.15, -0.1) is 0 Å². The molecular formula is C11H18N4O2. The largest absolute Gasteiger partial charge is 0.394 e. The number of aliphatic hydroxyl groups excluding tert-OH is 1. The van der Waals surface area contributed by atoms with Crippen LogP contribution in [0.4, 0.5) is 5.82 Å². The van der Waals surface area contributed by atoms with Crippen LogP contribution in [-0.4, -0.2) is 44.9 Å². The van der Waals surface area contributed by atoms with Gasteiger partial charge in [-0.1, -0.05) is 0 Å². The molecule has 1 fully saturated rings. The van der Waals surface area contributed by atoms with E-state index >= 15 is 0 Å². The number of anilines is 1. The molecule has 1 unspecified atom stereocenters. The molecule has 6 heteroatoms. The zero-order valence-electron chi connectivity index (χ0n) is 9.75. The molecule has 2 rings (SSSR count). The average molecular weight is 238 g/mol. The molecule has 0 bridgehead atoms. The Morgan fingerprint density at radius 3 is 3.06 bits per heavy atom. The lowest BCUT2D eigenvalue weighted by Crippen LogP contribution is -2.46. The van der Waals surface area contributed by atoms with Crippen LogP contribution in [0.1, 0.15) is 19.3 Å². The number of likely N-dealkylation sites (tertiary alicyclic amines) is 1. The Balaban J connectivity index is 1.98. The predicted molar refractivity (Wildman–Crippen MR) is 63.1 cm³/mol. The highest BCUT2D eigenvalue weighted by molar-refractivity contribution is 5.76. The molecule has 3 N–H and O–H groups in total. The van der Waals surface area contributed by atoms with Crippen molar-refractivity contribution in [2.75, 3.05) is 18.9 Å². The minimum absolute atomic E-state index is 0.00755. The van der Waals surface area contributed by atoms with Crippen molar-refractivity contribution in [3.05, 3.63) is 12.3 Å². The Kier molecular flexibility index (Phi) is 3.63. The standard InChI is InChI=1S/C11H18N4O2/c12-10-4-6-14(13-10)7-11(17)15-5-2-1-3-9(15)8-16/h4,6,9,16H,1-3,5,7-8H2,(H2,12,13). The first kappa shape index (κ1) is 11.9. The number of carbonyl (C=O) groups is 1. The van der Waals surface area contributed by atoms with Gasteiger partial charge in [-0.3, -0.25) is 9.48 Å². The molecule has 2 heterocycles. The first-order valence-electron chi connectivity index (χ1n) is 5.90. The number of aromatic nitrogens is 2. The minimum atomic E-state index is -0.0378. The molecule has 0 radical (unpaired) electrons. The van der Waals surface area contributed by atoms with Crippen molar-refractivity contribution in [3.63, 3.8) is 0 Å². The number of nitrogen functional groups attached to an aromatic ring is 1. The second-order valence-corrected chi connectivity index (χ2v) is 4.36. The van der Waals surface area contributed by atoms with Crippen LogP contribution in [0.2, 0.25) is 0 Å². The van der Waals surface area contributed by atoms with Gasteiger partial charge in [0.05, 0.1) is 12.6 Å². The lowest BCUT2D eigenvalue weighted by Gasteiger charge is -2.34. The van der Waals surface area contributed by atoms with E-state index in [4.69, 9.17) is 5.73 Å². The van der Waals surface area contributed by atoms with E-state index in [2.05, 4.69) is 5.10 Å². The van der Waals surface area contributed by atoms with E-state index in [0.717, 1.165) is 25.8 Å². The highest BCUT2D eigenvalue weighted by Gasteiger charge is 2.25. The monoisotopic (exact) mass is 238 g/mol. The quantitative estimate of drug-likeness (QED) is 0.766. The molecule has 94 valence electrons. The third-order valence-corrected chi connectivity index (χ3v) is 3.12. The Morgan fingerprint density at radius 1 is 1.59 bits per heavy atom. The minimum Gasteiger partial charge on any atom is -0.394 e. The van der Waals surface area contributed by atoms with Gasteiger partial charge in [-0.2, -0.15) is 5.10 Å². The lowest BCUT2D eigenvalue weighted by molar-refractivity contribution is -0.136. The van der Waals surface area contributed by atoms with Crippen molar-refractivity contribution >= 4 is 11.7 Å². The van der Waals surface area contributed by atoms with Gasteiger partial charge >= 0.3 is 0 Å². The Bertz CT molecular complexity index is 391. The van der Waals surface area contributed by atoms with Crippen molar-refractivity contribution in [2.24, 2.45) is 0 Å². The molecule has 0 saturated carbocycles. The summed E-state index contributed by atoms with van der Waals surface area (Å²) in [6.07, 6.45) is 4.64. The Hall–Kier alpha value is -1.56. The number of rotatable bonds is 3. The van der Waals surface area contributed by atoms with Crippen LogP contribution in [-0.2, 0) is 11.3 Å². The number of carbonyl (C=O) groups excluding carboxylic acids is 1. The molecule has 1 saturated heterocycles. The first-order chi connectivity index (χ1) is 8.20. The second-order valence-electron chi connectivity index (χ2n) is 4.36. The molecular weight excluding hydrogens is 220 g/mol. The number of amides is 1. The SMILES string of the molecule is Nc1ccn(CC(=O)N2CCCCC2CO)n1. The van der Waals surface area contributed by atoms with Gasteiger partial charge in [0.15, 0.2) is 0 Å². The maximum Gasteiger partial charge on any atom is 0.244 e. The average Bonchev–Trinajstić information content (AvgIpc) is 2.74. The number of nitrogens with two attached hydrogens (primary N) is 1. The Morgan fingerprint density at radius 2 is 2.41 bits per heavy atom. The fourth-order valence-electron chi connectivity index (χ4n) is 2.21. The topological polar surface area (TPSA) is 84.4 Å². The fraction of sp³-hybridized carbons (Fsp3) is 0.636. The van der Waals surface area contributed by atoms with E-state index in [1.54, 1.807) is 17.2 Å². The zero-order valence-corrected chi connectivity index (χ0v) is 9.75. The second kappa shape index (κ2) is 5.18. The summed E-state index contributed by atoms with van der Waals surface area (Å²) >= 11 is 0. The van der Waals surface area contributed by atoms with E-state index in [0.29, 0.717) is 5.82 Å². The molecule has 6 nitrogen and oxygen atoms in total. The molecule has 0 aliphatic carbocycles. The fourth-order valence-corrected chi connectivity index (χ4v) is 2.21. The van der Waals surface area contributed by atoms with E-state index in [1.807, 2.05) is 0 Å². The summed E-state index contributed by atoms with van der Waals surface area (Å²) in [7, 11) is 0. The van der Waals surface area contributed by atoms with Gasteiger partial charge in [-0.25, -0.2) is 0 Å². The van der Waals surface area contributed by atoms with Gasteiger partial charge in [0, 0.05) is 12.7 Å². The van der Waals surface area contributed by atoms with Crippen molar-refractivity contribution in [2.45, 2.75) is 31.8 Å². The maximum absolute atomic E-state index is 12.1.